The summed E-state index contributed by atoms with van der Waals surface area (Å²) in [4.78, 5) is 40.8. The lowest BCUT2D eigenvalue weighted by atomic mass is 9.89. The van der Waals surface area contributed by atoms with Crippen molar-refractivity contribution < 1.29 is 13.9 Å². The van der Waals surface area contributed by atoms with Gasteiger partial charge in [0.1, 0.15) is 10.6 Å². The summed E-state index contributed by atoms with van der Waals surface area (Å²) < 4.78 is 11.2. The van der Waals surface area contributed by atoms with Gasteiger partial charge in [0.05, 0.1) is 19.0 Å². The molecule has 0 aliphatic heterocycles. The number of furan rings is 1. The molecule has 0 radical (unpaired) electrons. The summed E-state index contributed by atoms with van der Waals surface area (Å²) in [6, 6.07) is 9.38. The van der Waals surface area contributed by atoms with Crippen molar-refractivity contribution in [1.29, 1.82) is 0 Å². The zero-order valence-corrected chi connectivity index (χ0v) is 17.7. The second kappa shape index (κ2) is 7.70. The molecule has 8 heteroatoms. The molecule has 0 fully saturated rings. The molecule has 1 N–H and O–H groups in total. The van der Waals surface area contributed by atoms with E-state index in [1.807, 2.05) is 5.38 Å². The Balaban J connectivity index is 1.59. The molecule has 1 aromatic carbocycles. The Hall–Kier alpha value is -3.39. The van der Waals surface area contributed by atoms with Crippen LogP contribution in [0.4, 0.5) is 0 Å². The number of carbonyl (C=O) groups is 1. The van der Waals surface area contributed by atoms with E-state index in [2.05, 4.69) is 27.9 Å². The Morgan fingerprint density at radius 2 is 1.97 bits per heavy atom. The number of hydrogen-bond donors (Lipinski definition) is 1. The molecule has 0 bridgehead atoms. The summed E-state index contributed by atoms with van der Waals surface area (Å²) in [6.07, 6.45) is 4.53. The van der Waals surface area contributed by atoms with E-state index in [4.69, 9.17) is 4.42 Å². The van der Waals surface area contributed by atoms with E-state index >= 15 is 0 Å². The molecule has 5 rings (SSSR count). The molecular weight excluding hydrogens is 416 g/mol. The molecule has 3 aromatic heterocycles. The van der Waals surface area contributed by atoms with Crippen LogP contribution in [-0.2, 0) is 24.1 Å². The average Bonchev–Trinajstić information content (AvgIpc) is 3.43. The lowest BCUT2D eigenvalue weighted by Gasteiger charge is -2.16. The molecule has 0 saturated heterocycles. The van der Waals surface area contributed by atoms with E-state index in [9.17, 15) is 14.4 Å². The minimum absolute atomic E-state index is 0.0216. The second-order valence-corrected chi connectivity index (χ2v) is 8.50. The van der Waals surface area contributed by atoms with E-state index in [1.165, 1.54) is 48.5 Å². The summed E-state index contributed by atoms with van der Waals surface area (Å²) in [6.45, 7) is -0.0828. The zero-order valence-electron chi connectivity index (χ0n) is 16.9. The molecule has 0 amide bonds. The SMILES string of the molecule is COC(=O)c1ccc(Cn2c(=O)[nH]c3scc(-c4ccc5c(c4)CCCC5)c3c2=O)o1. The van der Waals surface area contributed by atoms with Gasteiger partial charge in [-0.15, -0.1) is 11.3 Å². The highest BCUT2D eigenvalue weighted by molar-refractivity contribution is 7.17. The lowest BCUT2D eigenvalue weighted by Crippen LogP contribution is -2.35. The molecule has 4 aromatic rings. The maximum Gasteiger partial charge on any atom is 0.373 e. The Morgan fingerprint density at radius 1 is 1.16 bits per heavy atom. The standard InChI is InChI=1S/C23H20N2O5S/c1-29-22(27)18-9-8-16(30-18)11-25-21(26)19-17(12-31-20(19)24-23(25)28)15-7-6-13-4-2-3-5-14(13)10-15/h6-10,12H,2-5,11H2,1H3,(H,24,28). The minimum Gasteiger partial charge on any atom is -0.463 e. The third-order valence-electron chi connectivity index (χ3n) is 5.74. The number of aromatic nitrogens is 2. The summed E-state index contributed by atoms with van der Waals surface area (Å²) in [5.41, 5.74) is 3.60. The van der Waals surface area contributed by atoms with Crippen LogP contribution in [-0.4, -0.2) is 22.6 Å². The van der Waals surface area contributed by atoms with Gasteiger partial charge in [-0.3, -0.25) is 14.3 Å². The van der Waals surface area contributed by atoms with E-state index in [1.54, 1.807) is 6.07 Å². The van der Waals surface area contributed by atoms with Gasteiger partial charge in [0.25, 0.3) is 5.56 Å². The zero-order chi connectivity index (χ0) is 21.5. The van der Waals surface area contributed by atoms with Crippen LogP contribution < -0.4 is 11.2 Å². The Morgan fingerprint density at radius 3 is 2.77 bits per heavy atom. The van der Waals surface area contributed by atoms with Crippen molar-refractivity contribution >= 4 is 27.5 Å². The van der Waals surface area contributed by atoms with Gasteiger partial charge in [-0.05, 0) is 54.5 Å². The van der Waals surface area contributed by atoms with Gasteiger partial charge in [0.2, 0.25) is 5.76 Å². The number of hydrogen-bond acceptors (Lipinski definition) is 6. The fraction of sp³-hybridized carbons (Fsp3) is 0.261. The van der Waals surface area contributed by atoms with Gasteiger partial charge in [0, 0.05) is 10.9 Å². The first-order valence-corrected chi connectivity index (χ1v) is 11.0. The number of nitrogens with zero attached hydrogens (tertiary/aromatic N) is 1. The first-order valence-electron chi connectivity index (χ1n) is 10.1. The molecule has 3 heterocycles. The smallest absolute Gasteiger partial charge is 0.373 e. The number of H-pyrrole nitrogens is 1. The molecule has 0 spiro atoms. The van der Waals surface area contributed by atoms with Crippen LogP contribution in [0.5, 0.6) is 0 Å². The summed E-state index contributed by atoms with van der Waals surface area (Å²) in [5, 5.41) is 2.40. The van der Waals surface area contributed by atoms with Crippen LogP contribution in [0.2, 0.25) is 0 Å². The molecule has 31 heavy (non-hydrogen) atoms. The predicted molar refractivity (Wildman–Crippen MR) is 118 cm³/mol. The summed E-state index contributed by atoms with van der Waals surface area (Å²) in [7, 11) is 1.26. The van der Waals surface area contributed by atoms with Crippen LogP contribution in [0.25, 0.3) is 21.3 Å². The number of thiophene rings is 1. The normalized spacial score (nSPS) is 13.3. The van der Waals surface area contributed by atoms with E-state index in [0.29, 0.717) is 16.0 Å². The third-order valence-corrected chi connectivity index (χ3v) is 6.63. The topological polar surface area (TPSA) is 94.3 Å². The number of aromatic amines is 1. The van der Waals surface area contributed by atoms with E-state index in [0.717, 1.165) is 28.5 Å². The summed E-state index contributed by atoms with van der Waals surface area (Å²) >= 11 is 1.35. The highest BCUT2D eigenvalue weighted by Gasteiger charge is 2.18. The second-order valence-electron chi connectivity index (χ2n) is 7.62. The molecule has 0 unspecified atom stereocenters. The maximum atomic E-state index is 13.3. The third kappa shape index (κ3) is 3.42. The monoisotopic (exact) mass is 436 g/mol. The largest absolute Gasteiger partial charge is 0.463 e. The maximum absolute atomic E-state index is 13.3. The van der Waals surface area contributed by atoms with E-state index < -0.39 is 11.7 Å². The van der Waals surface area contributed by atoms with Crippen molar-refractivity contribution in [2.24, 2.45) is 0 Å². The molecule has 7 nitrogen and oxygen atoms in total. The molecular formula is C23H20N2O5S. The number of rotatable bonds is 4. The number of nitrogens with one attached hydrogen (secondary N) is 1. The number of ether oxygens (including phenoxy) is 1. The number of benzene rings is 1. The fourth-order valence-corrected chi connectivity index (χ4v) is 5.09. The van der Waals surface area contributed by atoms with Crippen LogP contribution in [0.1, 0.15) is 40.3 Å². The molecule has 1 aliphatic rings. The molecule has 0 saturated carbocycles. The van der Waals surface area contributed by atoms with Gasteiger partial charge in [-0.2, -0.15) is 0 Å². The molecule has 0 atom stereocenters. The minimum atomic E-state index is -0.615. The molecule has 1 aliphatic carbocycles. The number of carbonyl (C=O) groups excluding carboxylic acids is 1. The van der Waals surface area contributed by atoms with Crippen molar-refractivity contribution in [3.8, 4) is 11.1 Å². The Labute approximate surface area is 180 Å². The quantitative estimate of drug-likeness (QED) is 0.492. The molecule has 158 valence electrons. The number of aryl methyl sites for hydroxylation is 2. The predicted octanol–water partition coefficient (Wildman–Crippen LogP) is 3.73. The number of methoxy groups -OCH3 is 1. The van der Waals surface area contributed by atoms with Gasteiger partial charge in [0.15, 0.2) is 0 Å². The summed E-state index contributed by atoms with van der Waals surface area (Å²) in [5.74, 6) is -0.276. The number of fused-ring (bicyclic) bond motifs is 2. The van der Waals surface area contributed by atoms with Crippen LogP contribution in [0, 0.1) is 0 Å². The van der Waals surface area contributed by atoms with Crippen molar-refractivity contribution in [2.45, 2.75) is 32.2 Å². The van der Waals surface area contributed by atoms with Gasteiger partial charge < -0.3 is 9.15 Å². The Kier molecular flexibility index (Phi) is 4.86. The first kappa shape index (κ1) is 19.6. The lowest BCUT2D eigenvalue weighted by molar-refractivity contribution is 0.0563. The highest BCUT2D eigenvalue weighted by Crippen LogP contribution is 2.33. The van der Waals surface area contributed by atoms with Crippen molar-refractivity contribution in [3.05, 3.63) is 79.2 Å². The highest BCUT2D eigenvalue weighted by atomic mass is 32.1. The number of esters is 1. The van der Waals surface area contributed by atoms with Crippen molar-refractivity contribution in [2.75, 3.05) is 7.11 Å². The van der Waals surface area contributed by atoms with Gasteiger partial charge >= 0.3 is 11.7 Å². The van der Waals surface area contributed by atoms with Gasteiger partial charge in [-0.1, -0.05) is 18.2 Å². The van der Waals surface area contributed by atoms with Crippen LogP contribution in [0.15, 0.2) is 49.7 Å². The van der Waals surface area contributed by atoms with Crippen molar-refractivity contribution in [3.63, 3.8) is 0 Å². The van der Waals surface area contributed by atoms with Gasteiger partial charge in [-0.25, -0.2) is 9.59 Å². The van der Waals surface area contributed by atoms with E-state index in [-0.39, 0.29) is 17.9 Å². The average molecular weight is 436 g/mol. The van der Waals surface area contributed by atoms with Crippen LogP contribution >= 0.6 is 11.3 Å². The van der Waals surface area contributed by atoms with Crippen LogP contribution in [0.3, 0.4) is 0 Å². The van der Waals surface area contributed by atoms with Crippen molar-refractivity contribution in [1.82, 2.24) is 9.55 Å². The Bertz CT molecular complexity index is 1420. The first-order chi connectivity index (χ1) is 15.0. The fourth-order valence-electron chi connectivity index (χ4n) is 4.14.